The van der Waals surface area contributed by atoms with Crippen LogP contribution in [0, 0.1) is 34.8 Å². The van der Waals surface area contributed by atoms with Crippen LogP contribution in [-0.2, 0) is 4.79 Å². The van der Waals surface area contributed by atoms with Gasteiger partial charge >= 0.3 is 0 Å². The van der Waals surface area contributed by atoms with Crippen molar-refractivity contribution in [2.75, 3.05) is 31.1 Å². The van der Waals surface area contributed by atoms with E-state index < -0.39 is 50.3 Å². The van der Waals surface area contributed by atoms with Crippen LogP contribution in [0.15, 0.2) is 40.8 Å². The number of benzene rings is 1. The number of carbonyl (C=O) groups is 1. The fraction of sp³-hybridized carbons (Fsp3) is 0.323. The summed E-state index contributed by atoms with van der Waals surface area (Å²) in [7, 11) is 0. The third-order valence-corrected chi connectivity index (χ3v) is 9.17. The van der Waals surface area contributed by atoms with E-state index >= 15 is 4.39 Å². The van der Waals surface area contributed by atoms with Crippen molar-refractivity contribution in [1.82, 2.24) is 14.5 Å². The zero-order valence-corrected chi connectivity index (χ0v) is 26.7. The number of hydrogen-bond donors (Lipinski definition) is 1. The Kier molecular flexibility index (Phi) is 8.95. The number of amides is 1. The van der Waals surface area contributed by atoms with Crippen molar-refractivity contribution in [3.05, 3.63) is 73.6 Å². The second kappa shape index (κ2) is 12.4. The molecule has 0 spiro atoms. The molecule has 2 aromatic heterocycles. The Bertz CT molecular complexity index is 1900. The van der Waals surface area contributed by atoms with Gasteiger partial charge in [0.15, 0.2) is 11.6 Å². The van der Waals surface area contributed by atoms with Crippen LogP contribution in [0.2, 0.25) is 15.1 Å². The molecule has 2 atom stereocenters. The Morgan fingerprint density at radius 3 is 2.44 bits per heavy atom. The lowest BCUT2D eigenvalue weighted by atomic mass is 9.88. The normalized spacial score (nSPS) is 18.4. The molecule has 2 aliphatic heterocycles. The summed E-state index contributed by atoms with van der Waals surface area (Å²) in [6.07, 6.45) is 4.67. The van der Waals surface area contributed by atoms with Gasteiger partial charge in [0.2, 0.25) is 5.91 Å². The second-order valence-corrected chi connectivity index (χ2v) is 12.2. The van der Waals surface area contributed by atoms with Crippen molar-refractivity contribution in [2.24, 2.45) is 16.8 Å². The van der Waals surface area contributed by atoms with Gasteiger partial charge in [-0.2, -0.15) is 5.26 Å². The van der Waals surface area contributed by atoms with Crippen LogP contribution in [0.5, 0.6) is 5.75 Å². The molecule has 9 nitrogen and oxygen atoms in total. The van der Waals surface area contributed by atoms with Gasteiger partial charge in [-0.25, -0.2) is 13.8 Å². The predicted octanol–water partition coefficient (Wildman–Crippen LogP) is 6.52. The minimum Gasteiger partial charge on any atom is -0.506 e. The van der Waals surface area contributed by atoms with Crippen LogP contribution in [0.3, 0.4) is 0 Å². The summed E-state index contributed by atoms with van der Waals surface area (Å²) in [5, 5.41) is 19.7. The first kappa shape index (κ1) is 32.4. The van der Waals surface area contributed by atoms with Crippen molar-refractivity contribution in [2.45, 2.75) is 26.8 Å². The number of phenols is 1. The molecule has 1 N–H and O–H groups in total. The molecule has 1 aromatic carbocycles. The molecule has 1 amide bonds. The molecule has 1 fully saturated rings. The summed E-state index contributed by atoms with van der Waals surface area (Å²) in [6, 6.07) is 2.74. The molecular weight excluding hydrogens is 649 g/mol. The molecule has 2 aliphatic rings. The Balaban J connectivity index is 1.88. The van der Waals surface area contributed by atoms with Crippen LogP contribution in [-0.4, -0.2) is 57.4 Å². The number of allylic oxidation sites excluding steroid dienone is 1. The molecule has 45 heavy (non-hydrogen) atoms. The van der Waals surface area contributed by atoms with Gasteiger partial charge in [-0.15, -0.1) is 0 Å². The van der Waals surface area contributed by atoms with Gasteiger partial charge in [-0.1, -0.05) is 68.2 Å². The molecule has 5 rings (SSSR count). The number of phenolic OH excluding ortho intramolecular Hbond substituents is 1. The van der Waals surface area contributed by atoms with Gasteiger partial charge < -0.3 is 14.9 Å². The number of halogens is 5. The lowest BCUT2D eigenvalue weighted by molar-refractivity contribution is -0.126. The lowest BCUT2D eigenvalue weighted by Gasteiger charge is -2.37. The molecule has 14 heteroatoms. The average Bonchev–Trinajstić information content (AvgIpc) is 3.02. The number of piperazine rings is 1. The van der Waals surface area contributed by atoms with Crippen molar-refractivity contribution in [1.29, 1.82) is 5.26 Å². The number of nitriles is 1. The number of hydrogen-bond acceptors (Lipinski definition) is 7. The largest absolute Gasteiger partial charge is 0.506 e. The van der Waals surface area contributed by atoms with E-state index in [1.807, 2.05) is 20.8 Å². The zero-order valence-electron chi connectivity index (χ0n) is 24.4. The molecule has 1 unspecified atom stereocenters. The zero-order chi connectivity index (χ0) is 32.9. The van der Waals surface area contributed by atoms with E-state index in [0.717, 1.165) is 0 Å². The monoisotopic (exact) mass is 674 g/mol. The van der Waals surface area contributed by atoms with Crippen molar-refractivity contribution >= 4 is 63.1 Å². The van der Waals surface area contributed by atoms with E-state index in [4.69, 9.17) is 34.8 Å². The number of anilines is 1. The highest BCUT2D eigenvalue weighted by Gasteiger charge is 2.35. The fourth-order valence-corrected chi connectivity index (χ4v) is 6.44. The van der Waals surface area contributed by atoms with Crippen LogP contribution in [0.1, 0.15) is 32.4 Å². The first-order valence-corrected chi connectivity index (χ1v) is 15.1. The number of carbonyl (C=O) groups excluding carboxylic acids is 1. The summed E-state index contributed by atoms with van der Waals surface area (Å²) in [4.78, 5) is 39.1. The Morgan fingerprint density at radius 1 is 1.18 bits per heavy atom. The Labute approximate surface area is 272 Å². The highest BCUT2D eigenvalue weighted by Crippen LogP contribution is 2.46. The van der Waals surface area contributed by atoms with Gasteiger partial charge in [-0.3, -0.25) is 19.1 Å². The molecule has 1 saturated heterocycles. The minimum atomic E-state index is -1.54. The maximum Gasteiger partial charge on any atom is 0.272 e. The van der Waals surface area contributed by atoms with Crippen LogP contribution in [0.25, 0.3) is 22.3 Å². The van der Waals surface area contributed by atoms with Gasteiger partial charge in [-0.05, 0) is 18.1 Å². The summed E-state index contributed by atoms with van der Waals surface area (Å²) >= 11 is 18.5. The highest BCUT2D eigenvalue weighted by atomic mass is 35.5. The summed E-state index contributed by atoms with van der Waals surface area (Å²) in [5.41, 5.74) is -1.16. The lowest BCUT2D eigenvalue weighted by Crippen LogP contribution is -2.49. The summed E-state index contributed by atoms with van der Waals surface area (Å²) in [5.74, 6) is -4.61. The number of pyridine rings is 2. The van der Waals surface area contributed by atoms with E-state index in [0.29, 0.717) is 5.71 Å². The topological polar surface area (TPSA) is 115 Å². The second-order valence-electron chi connectivity index (χ2n) is 11.1. The van der Waals surface area contributed by atoms with Crippen molar-refractivity contribution in [3.63, 3.8) is 0 Å². The highest BCUT2D eigenvalue weighted by molar-refractivity contribution is 6.43. The predicted molar refractivity (Wildman–Crippen MR) is 171 cm³/mol. The molecule has 234 valence electrons. The van der Waals surface area contributed by atoms with E-state index in [9.17, 15) is 24.3 Å². The number of rotatable bonds is 5. The van der Waals surface area contributed by atoms with E-state index in [1.165, 1.54) is 16.7 Å². The molecule has 4 heterocycles. The van der Waals surface area contributed by atoms with Gasteiger partial charge in [0.05, 0.1) is 28.0 Å². The first-order chi connectivity index (χ1) is 21.3. The molecule has 0 radical (unpaired) electrons. The Hall–Kier alpha value is -3.98. The molecule has 3 aromatic rings. The fourth-order valence-electron chi connectivity index (χ4n) is 5.84. The molecule has 0 saturated carbocycles. The van der Waals surface area contributed by atoms with Gasteiger partial charge in [0, 0.05) is 49.4 Å². The number of aromatic hydroxyl groups is 1. The quantitative estimate of drug-likeness (QED) is 0.187. The maximum absolute atomic E-state index is 15.4. The number of fused-ring (bicyclic) bond motifs is 1. The van der Waals surface area contributed by atoms with Crippen molar-refractivity contribution < 1.29 is 18.7 Å². The average molecular weight is 676 g/mol. The smallest absolute Gasteiger partial charge is 0.272 e. The van der Waals surface area contributed by atoms with Gasteiger partial charge in [0.25, 0.3) is 5.56 Å². The van der Waals surface area contributed by atoms with E-state index in [2.05, 4.69) is 22.6 Å². The standard InChI is InChI=1S/C31H27Cl3F2N6O3/c1-5-19(43)40-8-10-41(11-9-40)28-16-12-18(32)26(20-23(35)24(36)21(33)22(34)29(20)44)39-30(16)42(31(45)17(28)13-37)27-15(4)6-7-38-25(27)14(2)3/h5-7,12,14-15,27,44H,1,8-11H2,2-4H3/t15-,27?/m1/s1. The molecule has 0 bridgehead atoms. The van der Waals surface area contributed by atoms with Crippen LogP contribution >= 0.6 is 34.8 Å². The molecular formula is C31H27Cl3F2N6O3. The number of aromatic nitrogens is 2. The third kappa shape index (κ3) is 5.35. The summed E-state index contributed by atoms with van der Waals surface area (Å²) < 4.78 is 31.5. The third-order valence-electron chi connectivity index (χ3n) is 8.07. The number of aliphatic imine (C=N–C) groups is 1. The van der Waals surface area contributed by atoms with Crippen LogP contribution < -0.4 is 10.5 Å². The SMILES string of the molecule is C=CC(=O)N1CCN(c2c(C#N)c(=O)n(C3C(C(C)C)=NC=C[C@H]3C)c3nc(-c4c(O)c(Cl)c(Cl)c(F)c4F)c(Cl)cc23)CC1. The maximum atomic E-state index is 15.4. The molecule has 0 aliphatic carbocycles. The first-order valence-electron chi connectivity index (χ1n) is 14.0. The van der Waals surface area contributed by atoms with Gasteiger partial charge in [0.1, 0.15) is 33.1 Å². The Morgan fingerprint density at radius 2 is 1.84 bits per heavy atom. The van der Waals surface area contributed by atoms with Crippen LogP contribution in [0.4, 0.5) is 14.5 Å². The van der Waals surface area contributed by atoms with E-state index in [1.54, 1.807) is 22.1 Å². The van der Waals surface area contributed by atoms with Crippen molar-refractivity contribution in [3.8, 4) is 23.1 Å². The summed E-state index contributed by atoms with van der Waals surface area (Å²) in [6.45, 7) is 10.3. The van der Waals surface area contributed by atoms with E-state index in [-0.39, 0.29) is 71.2 Å². The minimum absolute atomic E-state index is 0.0104. The number of nitrogens with zero attached hydrogens (tertiary/aromatic N) is 6.